The molecule has 1 nitrogen and oxygen atoms in total. The molecule has 2 rings (SSSR count). The SMILES string of the molecule is O=S(Cc1ccc(Cl)cc1)c1ccccc1F. The predicted molar refractivity (Wildman–Crippen MR) is 68.0 cm³/mol. The number of hydrogen-bond donors (Lipinski definition) is 0. The molecule has 0 bridgehead atoms. The first-order valence-electron chi connectivity index (χ1n) is 5.04. The number of halogens is 2. The van der Waals surface area contributed by atoms with Gasteiger partial charge in [0.2, 0.25) is 0 Å². The quantitative estimate of drug-likeness (QED) is 0.828. The van der Waals surface area contributed by atoms with Gasteiger partial charge < -0.3 is 0 Å². The molecular formula is C13H10ClFOS. The molecule has 2 aromatic carbocycles. The molecule has 0 fully saturated rings. The molecule has 0 aliphatic carbocycles. The van der Waals surface area contributed by atoms with Crippen LogP contribution in [0.15, 0.2) is 53.4 Å². The summed E-state index contributed by atoms with van der Waals surface area (Å²) in [5.41, 5.74) is 0.871. The van der Waals surface area contributed by atoms with E-state index in [1.165, 1.54) is 6.07 Å². The molecule has 0 aromatic heterocycles. The lowest BCUT2D eigenvalue weighted by atomic mass is 10.2. The minimum Gasteiger partial charge on any atom is -0.254 e. The van der Waals surface area contributed by atoms with Crippen molar-refractivity contribution < 1.29 is 8.60 Å². The third-order valence-corrected chi connectivity index (χ3v) is 3.96. The second kappa shape index (κ2) is 5.43. The highest BCUT2D eigenvalue weighted by Gasteiger charge is 2.09. The van der Waals surface area contributed by atoms with Crippen LogP contribution < -0.4 is 0 Å². The highest BCUT2D eigenvalue weighted by atomic mass is 35.5. The second-order valence-electron chi connectivity index (χ2n) is 3.55. The normalized spacial score (nSPS) is 12.4. The van der Waals surface area contributed by atoms with Crippen LogP contribution in [-0.2, 0) is 16.6 Å². The van der Waals surface area contributed by atoms with Crippen molar-refractivity contribution in [1.82, 2.24) is 0 Å². The average Bonchev–Trinajstić information content (AvgIpc) is 2.32. The maximum absolute atomic E-state index is 13.4. The Kier molecular flexibility index (Phi) is 3.92. The summed E-state index contributed by atoms with van der Waals surface area (Å²) in [4.78, 5) is 0.238. The first-order chi connectivity index (χ1) is 8.16. The summed E-state index contributed by atoms with van der Waals surface area (Å²) in [6, 6.07) is 13.2. The lowest BCUT2D eigenvalue weighted by molar-refractivity contribution is 0.595. The minimum atomic E-state index is -1.37. The Bertz CT molecular complexity index is 539. The summed E-state index contributed by atoms with van der Waals surface area (Å²) in [5.74, 6) is -0.141. The van der Waals surface area contributed by atoms with Crippen LogP contribution in [0.2, 0.25) is 5.02 Å². The smallest absolute Gasteiger partial charge is 0.139 e. The molecule has 0 aliphatic rings. The van der Waals surface area contributed by atoms with Crippen LogP contribution in [0.1, 0.15) is 5.56 Å². The molecule has 0 radical (unpaired) electrons. The molecule has 1 atom stereocenters. The predicted octanol–water partition coefficient (Wildman–Crippen LogP) is 3.79. The molecule has 1 unspecified atom stereocenters. The Hall–Kier alpha value is -1.19. The van der Waals surface area contributed by atoms with Gasteiger partial charge in [0, 0.05) is 5.02 Å². The summed E-state index contributed by atoms with van der Waals surface area (Å²) in [7, 11) is -1.37. The van der Waals surface area contributed by atoms with Crippen molar-refractivity contribution in [1.29, 1.82) is 0 Å². The van der Waals surface area contributed by atoms with Crippen LogP contribution in [0.5, 0.6) is 0 Å². The van der Waals surface area contributed by atoms with Crippen LogP contribution in [0.3, 0.4) is 0 Å². The Labute approximate surface area is 107 Å². The van der Waals surface area contributed by atoms with E-state index in [4.69, 9.17) is 11.6 Å². The molecule has 0 aliphatic heterocycles. The molecule has 2 aromatic rings. The third kappa shape index (κ3) is 3.14. The van der Waals surface area contributed by atoms with Crippen molar-refractivity contribution in [2.24, 2.45) is 0 Å². The largest absolute Gasteiger partial charge is 0.254 e. The fourth-order valence-corrected chi connectivity index (χ4v) is 2.73. The molecule has 0 saturated heterocycles. The highest BCUT2D eigenvalue weighted by molar-refractivity contribution is 7.84. The van der Waals surface area contributed by atoms with Crippen LogP contribution in [0, 0.1) is 5.82 Å². The van der Waals surface area contributed by atoms with Gasteiger partial charge in [0.25, 0.3) is 0 Å². The van der Waals surface area contributed by atoms with Crippen LogP contribution in [0.4, 0.5) is 4.39 Å². The Morgan fingerprint density at radius 1 is 1.06 bits per heavy atom. The Morgan fingerprint density at radius 2 is 1.71 bits per heavy atom. The molecule has 4 heteroatoms. The van der Waals surface area contributed by atoms with Gasteiger partial charge in [-0.3, -0.25) is 4.21 Å². The van der Waals surface area contributed by atoms with Gasteiger partial charge in [-0.2, -0.15) is 0 Å². The second-order valence-corrected chi connectivity index (χ2v) is 5.40. The van der Waals surface area contributed by atoms with E-state index < -0.39 is 16.6 Å². The summed E-state index contributed by atoms with van der Waals surface area (Å²) < 4.78 is 25.4. The van der Waals surface area contributed by atoms with Crippen molar-refractivity contribution in [3.63, 3.8) is 0 Å². The topological polar surface area (TPSA) is 17.1 Å². The summed E-state index contributed by atoms with van der Waals surface area (Å²) in [5, 5.41) is 0.630. The molecule has 0 amide bonds. The van der Waals surface area contributed by atoms with Gasteiger partial charge in [0.05, 0.1) is 21.4 Å². The lowest BCUT2D eigenvalue weighted by Gasteiger charge is -2.03. The van der Waals surface area contributed by atoms with Gasteiger partial charge in [-0.25, -0.2) is 4.39 Å². The zero-order valence-electron chi connectivity index (χ0n) is 8.90. The lowest BCUT2D eigenvalue weighted by Crippen LogP contribution is -1.98. The number of rotatable bonds is 3. The number of hydrogen-bond acceptors (Lipinski definition) is 1. The molecule has 0 heterocycles. The van der Waals surface area contributed by atoms with Crippen molar-refractivity contribution in [3.8, 4) is 0 Å². The molecule has 17 heavy (non-hydrogen) atoms. The highest BCUT2D eigenvalue weighted by Crippen LogP contribution is 2.17. The van der Waals surface area contributed by atoms with E-state index in [0.29, 0.717) is 5.02 Å². The third-order valence-electron chi connectivity index (χ3n) is 2.29. The first-order valence-corrected chi connectivity index (χ1v) is 6.74. The van der Waals surface area contributed by atoms with E-state index in [1.54, 1.807) is 42.5 Å². The van der Waals surface area contributed by atoms with Gasteiger partial charge in [-0.05, 0) is 29.8 Å². The summed E-state index contributed by atoms with van der Waals surface area (Å²) in [6.07, 6.45) is 0. The summed E-state index contributed by atoms with van der Waals surface area (Å²) >= 11 is 5.75. The Morgan fingerprint density at radius 3 is 2.35 bits per heavy atom. The van der Waals surface area contributed by atoms with E-state index in [0.717, 1.165) is 5.56 Å². The van der Waals surface area contributed by atoms with E-state index >= 15 is 0 Å². The minimum absolute atomic E-state index is 0.238. The first kappa shape index (κ1) is 12.3. The van der Waals surface area contributed by atoms with Crippen molar-refractivity contribution >= 4 is 22.4 Å². The van der Waals surface area contributed by atoms with E-state index in [-0.39, 0.29) is 10.6 Å². The van der Waals surface area contributed by atoms with Gasteiger partial charge in [-0.1, -0.05) is 35.9 Å². The van der Waals surface area contributed by atoms with Crippen LogP contribution in [-0.4, -0.2) is 4.21 Å². The fourth-order valence-electron chi connectivity index (χ4n) is 1.44. The Balaban J connectivity index is 2.17. The fraction of sp³-hybridized carbons (Fsp3) is 0.0769. The van der Waals surface area contributed by atoms with Crippen molar-refractivity contribution in [3.05, 3.63) is 64.9 Å². The van der Waals surface area contributed by atoms with Crippen LogP contribution >= 0.6 is 11.6 Å². The zero-order chi connectivity index (χ0) is 12.3. The molecule has 0 spiro atoms. The average molecular weight is 269 g/mol. The van der Waals surface area contributed by atoms with E-state index in [9.17, 15) is 8.60 Å². The monoisotopic (exact) mass is 268 g/mol. The molecule has 88 valence electrons. The molecule has 0 saturated carbocycles. The van der Waals surface area contributed by atoms with E-state index in [1.807, 2.05) is 0 Å². The van der Waals surface area contributed by atoms with E-state index in [2.05, 4.69) is 0 Å². The van der Waals surface area contributed by atoms with Crippen LogP contribution in [0.25, 0.3) is 0 Å². The summed E-state index contributed by atoms with van der Waals surface area (Å²) in [6.45, 7) is 0. The number of benzene rings is 2. The van der Waals surface area contributed by atoms with Gasteiger partial charge in [0.1, 0.15) is 5.82 Å². The van der Waals surface area contributed by atoms with Crippen molar-refractivity contribution in [2.75, 3.05) is 0 Å². The zero-order valence-corrected chi connectivity index (χ0v) is 10.5. The van der Waals surface area contributed by atoms with Gasteiger partial charge >= 0.3 is 0 Å². The maximum atomic E-state index is 13.4. The molecular weight excluding hydrogens is 259 g/mol. The maximum Gasteiger partial charge on any atom is 0.139 e. The van der Waals surface area contributed by atoms with Gasteiger partial charge in [-0.15, -0.1) is 0 Å². The molecule has 0 N–H and O–H groups in total. The van der Waals surface area contributed by atoms with Crippen molar-refractivity contribution in [2.45, 2.75) is 10.6 Å². The standard InChI is InChI=1S/C13H10ClFOS/c14-11-7-5-10(6-8-11)9-17(16)13-4-2-1-3-12(13)15/h1-8H,9H2. The van der Waals surface area contributed by atoms with Gasteiger partial charge in [0.15, 0.2) is 0 Å².